The third-order valence-corrected chi connectivity index (χ3v) is 2.57. The molecule has 0 fully saturated rings. The number of hydrogen-bond donors (Lipinski definition) is 3. The van der Waals surface area contributed by atoms with E-state index >= 15 is 0 Å². The van der Waals surface area contributed by atoms with Crippen molar-refractivity contribution in [1.82, 2.24) is 6.15 Å². The average Bonchev–Trinajstić information content (AvgIpc) is 1.99. The lowest BCUT2D eigenvalue weighted by Crippen LogP contribution is -2.31. The molecule has 0 aromatic heterocycles. The van der Waals surface area contributed by atoms with Crippen LogP contribution in [0.4, 0.5) is 0 Å². The number of aliphatic carboxylic acids is 2. The van der Waals surface area contributed by atoms with Crippen LogP contribution in [0, 0.1) is 11.3 Å². The van der Waals surface area contributed by atoms with Gasteiger partial charge < -0.3 is 16.4 Å². The molecule has 0 bridgehead atoms. The maximum absolute atomic E-state index is 10.8. The number of carboxylic acids is 2. The predicted octanol–water partition coefficient (Wildman–Crippen LogP) is 1.76. The molecule has 0 rings (SSSR count). The Morgan fingerprint density at radius 3 is 2.00 bits per heavy atom. The van der Waals surface area contributed by atoms with Crippen molar-refractivity contribution in [2.75, 3.05) is 0 Å². The summed E-state index contributed by atoms with van der Waals surface area (Å²) < 4.78 is 0. The summed E-state index contributed by atoms with van der Waals surface area (Å²) in [5.41, 5.74) is -0.852. The minimum absolute atomic E-state index is 0. The van der Waals surface area contributed by atoms with Crippen LogP contribution in [0.5, 0.6) is 0 Å². The normalized spacial score (nSPS) is 12.8. The minimum Gasteiger partial charge on any atom is -0.481 e. The van der Waals surface area contributed by atoms with Gasteiger partial charge in [0.05, 0.1) is 5.41 Å². The van der Waals surface area contributed by atoms with Gasteiger partial charge in [0.1, 0.15) is 0 Å². The van der Waals surface area contributed by atoms with Crippen molar-refractivity contribution in [3.63, 3.8) is 0 Å². The van der Waals surface area contributed by atoms with E-state index in [9.17, 15) is 9.59 Å². The second-order valence-electron chi connectivity index (χ2n) is 3.86. The lowest BCUT2D eigenvalue weighted by Gasteiger charge is -2.26. The van der Waals surface area contributed by atoms with E-state index < -0.39 is 17.4 Å². The van der Waals surface area contributed by atoms with E-state index in [4.69, 9.17) is 10.2 Å². The fraction of sp³-hybridized carbons (Fsp3) is 0.778. The molecule has 0 radical (unpaired) electrons. The highest BCUT2D eigenvalue weighted by atomic mass is 16.4. The molecule has 5 N–H and O–H groups in total. The van der Waals surface area contributed by atoms with E-state index in [-0.39, 0.29) is 18.5 Å². The van der Waals surface area contributed by atoms with Crippen LogP contribution < -0.4 is 6.15 Å². The summed E-state index contributed by atoms with van der Waals surface area (Å²) in [6.07, 6.45) is 0.423. The topological polar surface area (TPSA) is 110 Å². The Labute approximate surface area is 83.7 Å². The van der Waals surface area contributed by atoms with Gasteiger partial charge in [-0.25, -0.2) is 0 Å². The van der Waals surface area contributed by atoms with Crippen molar-refractivity contribution in [1.29, 1.82) is 0 Å². The molecular formula is C9H19NO4. The summed E-state index contributed by atoms with van der Waals surface area (Å²) in [5.74, 6) is -1.90. The second kappa shape index (κ2) is 5.59. The molecule has 1 atom stereocenters. The SMILES string of the molecule is CC(CCC(=O)O)C(C)(C)C(=O)O.N. The first-order valence-electron chi connectivity index (χ1n) is 4.23. The largest absolute Gasteiger partial charge is 0.481 e. The highest BCUT2D eigenvalue weighted by molar-refractivity contribution is 5.74. The van der Waals surface area contributed by atoms with E-state index in [0.29, 0.717) is 6.42 Å². The third-order valence-electron chi connectivity index (χ3n) is 2.57. The monoisotopic (exact) mass is 205 g/mol. The highest BCUT2D eigenvalue weighted by Crippen LogP contribution is 2.30. The van der Waals surface area contributed by atoms with Gasteiger partial charge in [-0.1, -0.05) is 6.92 Å². The Balaban J connectivity index is 0. The summed E-state index contributed by atoms with van der Waals surface area (Å²) in [6, 6.07) is 0. The van der Waals surface area contributed by atoms with E-state index in [0.717, 1.165) is 0 Å². The Hall–Kier alpha value is -1.10. The van der Waals surface area contributed by atoms with Gasteiger partial charge in [0.25, 0.3) is 0 Å². The molecular weight excluding hydrogens is 186 g/mol. The van der Waals surface area contributed by atoms with Crippen LogP contribution in [-0.4, -0.2) is 22.2 Å². The smallest absolute Gasteiger partial charge is 0.309 e. The Kier molecular flexibility index (Phi) is 6.14. The summed E-state index contributed by atoms with van der Waals surface area (Å²) in [6.45, 7) is 4.99. The van der Waals surface area contributed by atoms with Gasteiger partial charge in [0.15, 0.2) is 0 Å². The fourth-order valence-corrected chi connectivity index (χ4v) is 0.912. The molecule has 0 aliphatic heterocycles. The predicted molar refractivity (Wildman–Crippen MR) is 52.5 cm³/mol. The van der Waals surface area contributed by atoms with Crippen LogP contribution in [0.25, 0.3) is 0 Å². The summed E-state index contributed by atoms with van der Waals surface area (Å²) in [7, 11) is 0. The van der Waals surface area contributed by atoms with E-state index in [2.05, 4.69) is 0 Å². The summed E-state index contributed by atoms with van der Waals surface area (Å²) >= 11 is 0. The van der Waals surface area contributed by atoms with Crippen LogP contribution in [-0.2, 0) is 9.59 Å². The molecule has 0 heterocycles. The zero-order chi connectivity index (χ0) is 10.6. The van der Waals surface area contributed by atoms with Crippen LogP contribution in [0.1, 0.15) is 33.6 Å². The van der Waals surface area contributed by atoms with Crippen LogP contribution >= 0.6 is 0 Å². The Morgan fingerprint density at radius 1 is 1.29 bits per heavy atom. The number of carbonyl (C=O) groups is 2. The number of carboxylic acid groups (broad SMARTS) is 2. The van der Waals surface area contributed by atoms with Crippen molar-refractivity contribution in [2.45, 2.75) is 33.6 Å². The van der Waals surface area contributed by atoms with Gasteiger partial charge in [0.2, 0.25) is 0 Å². The molecule has 5 heteroatoms. The van der Waals surface area contributed by atoms with Crippen molar-refractivity contribution in [3.8, 4) is 0 Å². The Morgan fingerprint density at radius 2 is 1.71 bits per heavy atom. The van der Waals surface area contributed by atoms with Gasteiger partial charge >= 0.3 is 11.9 Å². The molecule has 0 saturated heterocycles. The van der Waals surface area contributed by atoms with Crippen LogP contribution in [0.3, 0.4) is 0 Å². The molecule has 0 aliphatic carbocycles. The lowest BCUT2D eigenvalue weighted by atomic mass is 9.78. The molecule has 0 amide bonds. The van der Waals surface area contributed by atoms with Crippen LogP contribution in [0.2, 0.25) is 0 Å². The minimum atomic E-state index is -0.884. The third kappa shape index (κ3) is 4.23. The van der Waals surface area contributed by atoms with Gasteiger partial charge in [-0.3, -0.25) is 9.59 Å². The lowest BCUT2D eigenvalue weighted by molar-refractivity contribution is -0.150. The summed E-state index contributed by atoms with van der Waals surface area (Å²) in [4.78, 5) is 21.0. The molecule has 5 nitrogen and oxygen atoms in total. The Bertz CT molecular complexity index is 213. The molecule has 0 spiro atoms. The standard InChI is InChI=1S/C9H16O4.H3N/c1-6(4-5-7(10)11)9(2,3)8(12)13;/h6H,4-5H2,1-3H3,(H,10,11)(H,12,13);1H3. The van der Waals surface area contributed by atoms with Gasteiger partial charge in [-0.15, -0.1) is 0 Å². The maximum atomic E-state index is 10.8. The zero-order valence-electron chi connectivity index (χ0n) is 8.91. The summed E-state index contributed by atoms with van der Waals surface area (Å²) in [5, 5.41) is 17.2. The van der Waals surface area contributed by atoms with Crippen molar-refractivity contribution < 1.29 is 19.8 Å². The molecule has 0 aliphatic rings. The maximum Gasteiger partial charge on any atom is 0.309 e. The van der Waals surface area contributed by atoms with Gasteiger partial charge in [-0.2, -0.15) is 0 Å². The molecule has 0 aromatic carbocycles. The first kappa shape index (κ1) is 15.4. The van der Waals surface area contributed by atoms with Gasteiger partial charge in [-0.05, 0) is 26.2 Å². The van der Waals surface area contributed by atoms with Crippen molar-refractivity contribution >= 4 is 11.9 Å². The van der Waals surface area contributed by atoms with Crippen molar-refractivity contribution in [3.05, 3.63) is 0 Å². The zero-order valence-corrected chi connectivity index (χ0v) is 8.91. The number of hydrogen-bond acceptors (Lipinski definition) is 3. The quantitative estimate of drug-likeness (QED) is 0.633. The first-order chi connectivity index (χ1) is 5.78. The fourth-order valence-electron chi connectivity index (χ4n) is 0.912. The van der Waals surface area contributed by atoms with Crippen molar-refractivity contribution in [2.24, 2.45) is 11.3 Å². The molecule has 1 unspecified atom stereocenters. The molecule has 0 saturated carbocycles. The first-order valence-corrected chi connectivity index (χ1v) is 4.23. The molecule has 14 heavy (non-hydrogen) atoms. The second-order valence-corrected chi connectivity index (χ2v) is 3.86. The average molecular weight is 205 g/mol. The van der Waals surface area contributed by atoms with E-state index in [1.54, 1.807) is 20.8 Å². The van der Waals surface area contributed by atoms with Crippen LogP contribution in [0.15, 0.2) is 0 Å². The van der Waals surface area contributed by atoms with E-state index in [1.807, 2.05) is 0 Å². The van der Waals surface area contributed by atoms with E-state index in [1.165, 1.54) is 0 Å². The highest BCUT2D eigenvalue weighted by Gasteiger charge is 2.33. The molecule has 0 aromatic rings. The number of rotatable bonds is 5. The molecule has 84 valence electrons. The van der Waals surface area contributed by atoms with Gasteiger partial charge in [0, 0.05) is 6.42 Å².